The molecule has 0 radical (unpaired) electrons. The first-order chi connectivity index (χ1) is 8.63. The number of rotatable bonds is 6. The van der Waals surface area contributed by atoms with Gasteiger partial charge in [0, 0.05) is 5.69 Å². The largest absolute Gasteiger partial charge is 0.391 e. The van der Waals surface area contributed by atoms with Gasteiger partial charge in [-0.2, -0.15) is 5.10 Å². The molecule has 1 aromatic rings. The average Bonchev–Trinajstić information content (AvgIpc) is 2.57. The molecular weight excluding hydrogens is 330 g/mol. The number of nitrogens with zero attached hydrogens (tertiary/aromatic N) is 2. The van der Waals surface area contributed by atoms with E-state index in [2.05, 4.69) is 28.0 Å². The minimum atomic E-state index is -1.37. The molecule has 110 valence electrons. The highest BCUT2D eigenvalue weighted by Crippen LogP contribution is 2.29. The maximum atomic E-state index is 11.5. The molecule has 1 rings (SSSR count). The van der Waals surface area contributed by atoms with Crippen LogP contribution in [0, 0.1) is 0 Å². The lowest BCUT2D eigenvalue weighted by Gasteiger charge is -2.25. The number of nitrogens with two attached hydrogens (primary N) is 1. The molecule has 3 atom stereocenters. The van der Waals surface area contributed by atoms with E-state index in [1.165, 1.54) is 0 Å². The van der Waals surface area contributed by atoms with Gasteiger partial charge in [-0.3, -0.25) is 9.82 Å². The third-order valence-corrected chi connectivity index (χ3v) is 4.71. The van der Waals surface area contributed by atoms with E-state index in [1.807, 2.05) is 19.9 Å². The van der Waals surface area contributed by atoms with E-state index in [-0.39, 0.29) is 5.92 Å². The second kappa shape index (κ2) is 6.47. The van der Waals surface area contributed by atoms with E-state index in [1.54, 1.807) is 11.6 Å². The first-order valence-corrected chi connectivity index (χ1v) is 8.21. The molecule has 0 spiro atoms. The van der Waals surface area contributed by atoms with Gasteiger partial charge in [0.05, 0.1) is 28.4 Å². The van der Waals surface area contributed by atoms with Crippen LogP contribution in [0.15, 0.2) is 10.7 Å². The quantitative estimate of drug-likeness (QED) is 0.821. The number of halogens is 1. The number of hydrogen-bond donors (Lipinski definition) is 2. The summed E-state index contributed by atoms with van der Waals surface area (Å²) in [5.74, 6) is 0.153. The van der Waals surface area contributed by atoms with Gasteiger partial charge in [-0.1, -0.05) is 6.92 Å². The fourth-order valence-electron chi connectivity index (χ4n) is 2.12. The Balaban J connectivity index is 2.93. The fraction of sp³-hybridized carbons (Fsp3) is 0.750. The van der Waals surface area contributed by atoms with Gasteiger partial charge in [-0.25, -0.2) is 4.21 Å². The van der Waals surface area contributed by atoms with Crippen LogP contribution in [0.25, 0.3) is 0 Å². The van der Waals surface area contributed by atoms with E-state index in [0.717, 1.165) is 10.3 Å². The topological polar surface area (TPSA) is 81.1 Å². The summed E-state index contributed by atoms with van der Waals surface area (Å²) in [6, 6.07) is 1.93. The zero-order chi connectivity index (χ0) is 14.8. The minimum absolute atomic E-state index is 0.153. The minimum Gasteiger partial charge on any atom is -0.391 e. The third-order valence-electron chi connectivity index (χ3n) is 3.07. The van der Waals surface area contributed by atoms with Crippen LogP contribution in [-0.2, 0) is 17.5 Å². The molecule has 0 fully saturated rings. The predicted molar refractivity (Wildman–Crippen MR) is 81.0 cm³/mol. The first-order valence-electron chi connectivity index (χ1n) is 6.21. The van der Waals surface area contributed by atoms with Gasteiger partial charge in [-0.05, 0) is 55.1 Å². The predicted octanol–water partition coefficient (Wildman–Crippen LogP) is 1.92. The number of hydrogen-bond acceptors (Lipinski definition) is 3. The van der Waals surface area contributed by atoms with Crippen LogP contribution in [0.4, 0.5) is 0 Å². The standard InChI is InChI=1S/C12H22BrN3O2S/c1-8(6-12(3,4)19(14)18)10-5-11(13)15-16(10)7-9(2)17/h5,8-9,17H,6-7,14H2,1-4H3/t8-,9-,19?/m0/s1. The van der Waals surface area contributed by atoms with Gasteiger partial charge in [0.1, 0.15) is 4.60 Å². The fourth-order valence-corrected chi connectivity index (χ4v) is 2.96. The lowest BCUT2D eigenvalue weighted by atomic mass is 9.95. The van der Waals surface area contributed by atoms with Crippen molar-refractivity contribution in [2.75, 3.05) is 0 Å². The summed E-state index contributed by atoms with van der Waals surface area (Å²) in [4.78, 5) is 0. The molecule has 1 unspecified atom stereocenters. The van der Waals surface area contributed by atoms with Crippen molar-refractivity contribution in [3.63, 3.8) is 0 Å². The molecule has 0 aliphatic heterocycles. The molecule has 0 saturated carbocycles. The van der Waals surface area contributed by atoms with Gasteiger partial charge < -0.3 is 5.11 Å². The van der Waals surface area contributed by atoms with Crippen LogP contribution < -0.4 is 5.14 Å². The average molecular weight is 352 g/mol. The van der Waals surface area contributed by atoms with Crippen LogP contribution in [0.5, 0.6) is 0 Å². The van der Waals surface area contributed by atoms with Gasteiger partial charge in [-0.15, -0.1) is 0 Å². The molecule has 0 bridgehead atoms. The molecule has 5 nitrogen and oxygen atoms in total. The van der Waals surface area contributed by atoms with Crippen molar-refractivity contribution < 1.29 is 9.32 Å². The van der Waals surface area contributed by atoms with Crippen molar-refractivity contribution in [3.8, 4) is 0 Å². The zero-order valence-corrected chi connectivity index (χ0v) is 14.2. The van der Waals surface area contributed by atoms with Gasteiger partial charge in [0.25, 0.3) is 0 Å². The molecule has 0 aromatic carbocycles. The second-order valence-corrected chi connectivity index (χ2v) is 8.10. The van der Waals surface area contributed by atoms with Crippen LogP contribution in [-0.4, -0.2) is 29.9 Å². The molecule has 0 aliphatic rings. The Kier molecular flexibility index (Phi) is 5.73. The van der Waals surface area contributed by atoms with E-state index in [4.69, 9.17) is 5.14 Å². The summed E-state index contributed by atoms with van der Waals surface area (Å²) in [6.45, 7) is 8.00. The highest BCUT2D eigenvalue weighted by molar-refractivity contribution is 9.10. The molecule has 0 amide bonds. The van der Waals surface area contributed by atoms with Crippen molar-refractivity contribution in [2.24, 2.45) is 5.14 Å². The van der Waals surface area contributed by atoms with Crippen LogP contribution in [0.3, 0.4) is 0 Å². The summed E-state index contributed by atoms with van der Waals surface area (Å²) in [5.41, 5.74) is 1.01. The number of aliphatic hydroxyl groups excluding tert-OH is 1. The summed E-state index contributed by atoms with van der Waals surface area (Å²) in [6.07, 6.45) is 0.225. The molecule has 19 heavy (non-hydrogen) atoms. The summed E-state index contributed by atoms with van der Waals surface area (Å²) in [7, 11) is -1.37. The number of aromatic nitrogens is 2. The Morgan fingerprint density at radius 3 is 2.63 bits per heavy atom. The smallest absolute Gasteiger partial charge is 0.128 e. The normalized spacial score (nSPS) is 17.2. The maximum Gasteiger partial charge on any atom is 0.128 e. The molecule has 7 heteroatoms. The van der Waals surface area contributed by atoms with E-state index in [9.17, 15) is 9.32 Å². The van der Waals surface area contributed by atoms with Gasteiger partial charge in [0.15, 0.2) is 0 Å². The number of aliphatic hydroxyl groups is 1. The van der Waals surface area contributed by atoms with Gasteiger partial charge >= 0.3 is 0 Å². The summed E-state index contributed by atoms with van der Waals surface area (Å²) < 4.78 is 13.6. The van der Waals surface area contributed by atoms with Crippen molar-refractivity contribution >= 4 is 26.9 Å². The van der Waals surface area contributed by atoms with Gasteiger partial charge in [0.2, 0.25) is 0 Å². The Morgan fingerprint density at radius 1 is 1.58 bits per heavy atom. The van der Waals surface area contributed by atoms with Crippen molar-refractivity contribution in [2.45, 2.75) is 57.4 Å². The summed E-state index contributed by atoms with van der Waals surface area (Å²) in [5, 5.41) is 19.3. The van der Waals surface area contributed by atoms with Crippen LogP contribution in [0.2, 0.25) is 0 Å². The third kappa shape index (κ3) is 4.66. The lowest BCUT2D eigenvalue weighted by Crippen LogP contribution is -2.33. The molecule has 1 aromatic heterocycles. The second-order valence-electron chi connectivity index (χ2n) is 5.59. The molecule has 0 aliphatic carbocycles. The van der Waals surface area contributed by atoms with Crippen LogP contribution in [0.1, 0.15) is 45.7 Å². The van der Waals surface area contributed by atoms with E-state index in [0.29, 0.717) is 13.0 Å². The first kappa shape index (κ1) is 16.8. The molecular formula is C12H22BrN3O2S. The van der Waals surface area contributed by atoms with Crippen molar-refractivity contribution in [1.29, 1.82) is 0 Å². The Labute approximate surface area is 125 Å². The van der Waals surface area contributed by atoms with E-state index < -0.39 is 21.8 Å². The maximum absolute atomic E-state index is 11.5. The highest BCUT2D eigenvalue weighted by Gasteiger charge is 2.28. The molecule has 1 heterocycles. The zero-order valence-electron chi connectivity index (χ0n) is 11.8. The van der Waals surface area contributed by atoms with Crippen molar-refractivity contribution in [1.82, 2.24) is 9.78 Å². The molecule has 0 saturated heterocycles. The molecule has 3 N–H and O–H groups in total. The Morgan fingerprint density at radius 2 is 2.16 bits per heavy atom. The monoisotopic (exact) mass is 351 g/mol. The van der Waals surface area contributed by atoms with Crippen molar-refractivity contribution in [3.05, 3.63) is 16.4 Å². The highest BCUT2D eigenvalue weighted by atomic mass is 79.9. The summed E-state index contributed by atoms with van der Waals surface area (Å²) >= 11 is 3.35. The van der Waals surface area contributed by atoms with Crippen LogP contribution >= 0.6 is 15.9 Å². The Hall–Kier alpha value is -0.240. The van der Waals surface area contributed by atoms with E-state index >= 15 is 0 Å². The SMILES string of the molecule is C[C@H](O)Cn1nc(Br)cc1[C@@H](C)CC(C)(C)S(N)=O. The lowest BCUT2D eigenvalue weighted by molar-refractivity contribution is 0.166. The Bertz CT molecular complexity index is 460.